The van der Waals surface area contributed by atoms with Gasteiger partial charge >= 0.3 is 0 Å². The van der Waals surface area contributed by atoms with E-state index in [1.165, 1.54) is 6.42 Å². The highest BCUT2D eigenvalue weighted by atomic mass is 16.3. The molecule has 2 rings (SSSR count). The number of rotatable bonds is 6. The van der Waals surface area contributed by atoms with E-state index in [4.69, 9.17) is 0 Å². The summed E-state index contributed by atoms with van der Waals surface area (Å²) in [5.74, 6) is -0.103. The molecule has 0 aliphatic heterocycles. The van der Waals surface area contributed by atoms with Crippen molar-refractivity contribution in [3.63, 3.8) is 0 Å². The normalized spacial score (nSPS) is 19.5. The van der Waals surface area contributed by atoms with Gasteiger partial charge < -0.3 is 5.11 Å². The molecule has 0 spiro atoms. The third kappa shape index (κ3) is 3.49. The lowest BCUT2D eigenvalue weighted by molar-refractivity contribution is -0.0416. The number of carbonyl (C=O) groups excluding carboxylic acids is 1. The van der Waals surface area contributed by atoms with Crippen LogP contribution in [0.4, 0.5) is 0 Å². The number of benzene rings is 1. The van der Waals surface area contributed by atoms with E-state index in [-0.39, 0.29) is 11.7 Å². The third-order valence-electron chi connectivity index (χ3n) is 4.59. The van der Waals surface area contributed by atoms with E-state index >= 15 is 0 Å². The summed E-state index contributed by atoms with van der Waals surface area (Å²) in [4.78, 5) is 12.8. The van der Waals surface area contributed by atoms with Crippen LogP contribution >= 0.6 is 0 Å². The van der Waals surface area contributed by atoms with Gasteiger partial charge in [0.2, 0.25) is 0 Å². The van der Waals surface area contributed by atoms with Crippen molar-refractivity contribution >= 4 is 5.78 Å². The second-order valence-corrected chi connectivity index (χ2v) is 6.09. The Kier molecular flexibility index (Phi) is 5.36. The number of carbonyl (C=O) groups is 1. The summed E-state index contributed by atoms with van der Waals surface area (Å²) in [5, 5.41) is 11.0. The lowest BCUT2D eigenvalue weighted by Crippen LogP contribution is -2.44. The van der Waals surface area contributed by atoms with Crippen molar-refractivity contribution in [2.75, 3.05) is 0 Å². The first kappa shape index (κ1) is 15.2. The molecule has 2 nitrogen and oxygen atoms in total. The molecule has 0 saturated heterocycles. The summed E-state index contributed by atoms with van der Waals surface area (Å²) < 4.78 is 0. The van der Waals surface area contributed by atoms with Crippen molar-refractivity contribution in [1.82, 2.24) is 0 Å². The van der Waals surface area contributed by atoms with Crippen molar-refractivity contribution in [1.29, 1.82) is 0 Å². The highest BCUT2D eigenvalue weighted by molar-refractivity contribution is 5.98. The minimum absolute atomic E-state index is 0.128. The van der Waals surface area contributed by atoms with Gasteiger partial charge in [0.25, 0.3) is 0 Å². The summed E-state index contributed by atoms with van der Waals surface area (Å²) in [7, 11) is 0. The number of unbranched alkanes of at least 4 members (excludes halogenated alkanes) is 1. The standard InChI is InChI=1S/C18H26O2/c1-2-3-12-16(18(20)13-8-5-9-14-18)17(19)15-10-6-4-7-11-15/h4,6-7,10-11,16,20H,2-3,5,8-9,12-14H2,1H3. The van der Waals surface area contributed by atoms with Crippen LogP contribution < -0.4 is 0 Å². The molecule has 2 heteroatoms. The summed E-state index contributed by atoms with van der Waals surface area (Å²) >= 11 is 0. The fourth-order valence-corrected chi connectivity index (χ4v) is 3.37. The maximum Gasteiger partial charge on any atom is 0.168 e. The number of hydrogen-bond acceptors (Lipinski definition) is 2. The first-order valence-electron chi connectivity index (χ1n) is 7.99. The van der Waals surface area contributed by atoms with Gasteiger partial charge in [0.15, 0.2) is 5.78 Å². The summed E-state index contributed by atoms with van der Waals surface area (Å²) in [5.41, 5.74) is -0.0343. The van der Waals surface area contributed by atoms with Crippen molar-refractivity contribution in [3.05, 3.63) is 35.9 Å². The molecule has 1 aliphatic rings. The zero-order chi connectivity index (χ0) is 14.4. The topological polar surface area (TPSA) is 37.3 Å². The van der Waals surface area contributed by atoms with E-state index in [9.17, 15) is 9.90 Å². The molecule has 20 heavy (non-hydrogen) atoms. The molecule has 1 fully saturated rings. The molecule has 1 N–H and O–H groups in total. The summed E-state index contributed by atoms with van der Waals surface area (Å²) in [6.07, 6.45) is 7.70. The van der Waals surface area contributed by atoms with E-state index in [1.807, 2.05) is 30.3 Å². The Hall–Kier alpha value is -1.15. The van der Waals surface area contributed by atoms with Gasteiger partial charge in [0, 0.05) is 5.56 Å². The van der Waals surface area contributed by atoms with Gasteiger partial charge in [-0.2, -0.15) is 0 Å². The summed E-state index contributed by atoms with van der Waals surface area (Å²) in [6, 6.07) is 9.46. The fourth-order valence-electron chi connectivity index (χ4n) is 3.37. The van der Waals surface area contributed by atoms with E-state index < -0.39 is 5.60 Å². The molecule has 0 radical (unpaired) electrons. The molecule has 1 saturated carbocycles. The largest absolute Gasteiger partial charge is 0.389 e. The minimum atomic E-state index is -0.777. The zero-order valence-corrected chi connectivity index (χ0v) is 12.5. The van der Waals surface area contributed by atoms with E-state index in [2.05, 4.69) is 6.92 Å². The van der Waals surface area contributed by atoms with Crippen LogP contribution in [0.5, 0.6) is 0 Å². The number of hydrogen-bond donors (Lipinski definition) is 1. The lowest BCUT2D eigenvalue weighted by Gasteiger charge is -2.38. The van der Waals surface area contributed by atoms with Crippen LogP contribution in [0.1, 0.15) is 68.6 Å². The monoisotopic (exact) mass is 274 g/mol. The van der Waals surface area contributed by atoms with Gasteiger partial charge in [0.05, 0.1) is 11.5 Å². The third-order valence-corrected chi connectivity index (χ3v) is 4.59. The Morgan fingerprint density at radius 2 is 1.85 bits per heavy atom. The molecule has 0 aromatic heterocycles. The van der Waals surface area contributed by atoms with Crippen LogP contribution in [0.25, 0.3) is 0 Å². The first-order chi connectivity index (χ1) is 9.67. The molecule has 1 unspecified atom stereocenters. The quantitative estimate of drug-likeness (QED) is 0.782. The molecule has 110 valence electrons. The number of aliphatic hydroxyl groups is 1. The van der Waals surface area contributed by atoms with Crippen LogP contribution in [-0.4, -0.2) is 16.5 Å². The van der Waals surface area contributed by atoms with E-state index in [0.29, 0.717) is 0 Å². The predicted molar refractivity (Wildman–Crippen MR) is 81.8 cm³/mol. The molecule has 0 amide bonds. The molecular formula is C18H26O2. The molecule has 1 aromatic rings. The number of Topliss-reactive ketones (excluding diaryl/α,β-unsaturated/α-hetero) is 1. The first-order valence-corrected chi connectivity index (χ1v) is 7.99. The molecule has 1 atom stereocenters. The number of ketones is 1. The molecule has 0 bridgehead atoms. The average molecular weight is 274 g/mol. The second-order valence-electron chi connectivity index (χ2n) is 6.09. The fraction of sp³-hybridized carbons (Fsp3) is 0.611. The lowest BCUT2D eigenvalue weighted by atomic mass is 9.71. The molecular weight excluding hydrogens is 248 g/mol. The zero-order valence-electron chi connectivity index (χ0n) is 12.5. The SMILES string of the molecule is CCCCC(C(=O)c1ccccc1)C1(O)CCCCC1. The van der Waals surface area contributed by atoms with Crippen LogP contribution in [0, 0.1) is 5.92 Å². The average Bonchev–Trinajstić information content (AvgIpc) is 2.49. The minimum Gasteiger partial charge on any atom is -0.389 e. The predicted octanol–water partition coefficient (Wildman–Crippen LogP) is 4.37. The van der Waals surface area contributed by atoms with Gasteiger partial charge in [-0.3, -0.25) is 4.79 Å². The van der Waals surface area contributed by atoms with Crippen molar-refractivity contribution < 1.29 is 9.90 Å². The summed E-state index contributed by atoms with van der Waals surface area (Å²) in [6.45, 7) is 2.13. The van der Waals surface area contributed by atoms with Crippen LogP contribution in [-0.2, 0) is 0 Å². The van der Waals surface area contributed by atoms with Crippen molar-refractivity contribution in [3.8, 4) is 0 Å². The Labute approximate surface area is 122 Å². The van der Waals surface area contributed by atoms with E-state index in [1.54, 1.807) is 0 Å². The Bertz CT molecular complexity index is 418. The van der Waals surface area contributed by atoms with Gasteiger partial charge in [-0.05, 0) is 19.3 Å². The molecule has 1 aliphatic carbocycles. The maximum atomic E-state index is 12.8. The van der Waals surface area contributed by atoms with Gasteiger partial charge in [-0.25, -0.2) is 0 Å². The van der Waals surface area contributed by atoms with Gasteiger partial charge in [-0.1, -0.05) is 69.4 Å². The van der Waals surface area contributed by atoms with Crippen LogP contribution in [0.3, 0.4) is 0 Å². The Balaban J connectivity index is 2.20. The van der Waals surface area contributed by atoms with Gasteiger partial charge in [0.1, 0.15) is 0 Å². The van der Waals surface area contributed by atoms with Crippen LogP contribution in [0.2, 0.25) is 0 Å². The second kappa shape index (κ2) is 7.03. The van der Waals surface area contributed by atoms with Crippen LogP contribution in [0.15, 0.2) is 30.3 Å². The molecule has 1 aromatic carbocycles. The highest BCUT2D eigenvalue weighted by Gasteiger charge is 2.41. The Morgan fingerprint density at radius 3 is 2.45 bits per heavy atom. The smallest absolute Gasteiger partial charge is 0.168 e. The molecule has 0 heterocycles. The Morgan fingerprint density at radius 1 is 1.20 bits per heavy atom. The van der Waals surface area contributed by atoms with Crippen molar-refractivity contribution in [2.24, 2.45) is 5.92 Å². The van der Waals surface area contributed by atoms with Gasteiger partial charge in [-0.15, -0.1) is 0 Å². The maximum absolute atomic E-state index is 12.8. The van der Waals surface area contributed by atoms with E-state index in [0.717, 1.165) is 50.5 Å². The highest BCUT2D eigenvalue weighted by Crippen LogP contribution is 2.38. The van der Waals surface area contributed by atoms with Crippen molar-refractivity contribution in [2.45, 2.75) is 63.9 Å².